The Morgan fingerprint density at radius 3 is 3.18 bits per heavy atom. The first-order valence-electron chi connectivity index (χ1n) is 6.05. The van der Waals surface area contributed by atoms with Crippen LogP contribution in [0.5, 0.6) is 0 Å². The van der Waals surface area contributed by atoms with Crippen LogP contribution in [0.25, 0.3) is 0 Å². The highest BCUT2D eigenvalue weighted by molar-refractivity contribution is 7.10. The van der Waals surface area contributed by atoms with Crippen LogP contribution in [-0.2, 0) is 11.2 Å². The van der Waals surface area contributed by atoms with E-state index in [2.05, 4.69) is 11.4 Å². The molecule has 1 aromatic heterocycles. The lowest BCUT2D eigenvalue weighted by atomic mass is 9.87. The maximum Gasteiger partial charge on any atom is 0.229 e. The highest BCUT2D eigenvalue weighted by Gasteiger charge is 2.29. The summed E-state index contributed by atoms with van der Waals surface area (Å²) in [5.74, 6) is 0.280. The highest BCUT2D eigenvalue weighted by atomic mass is 35.5. The molecule has 0 spiro atoms. The molecule has 1 aliphatic rings. The predicted octanol–water partition coefficient (Wildman–Crippen LogP) is 3.25. The molecule has 17 heavy (non-hydrogen) atoms. The smallest absolute Gasteiger partial charge is 0.229 e. The van der Waals surface area contributed by atoms with E-state index in [0.29, 0.717) is 6.54 Å². The fraction of sp³-hybridized carbons (Fsp3) is 0.615. The van der Waals surface area contributed by atoms with Crippen LogP contribution in [0.3, 0.4) is 0 Å². The minimum atomic E-state index is 0.00878. The molecule has 4 heteroatoms. The monoisotopic (exact) mass is 271 g/mol. The SMILES string of the molecule is CC(Cl)CN(C)C(=O)C1CCCc2sccc21. The number of carbonyl (C=O) groups excluding carboxylic acids is 1. The molecule has 0 N–H and O–H groups in total. The van der Waals surface area contributed by atoms with Crippen LogP contribution in [0.2, 0.25) is 0 Å². The Morgan fingerprint density at radius 2 is 2.47 bits per heavy atom. The van der Waals surface area contributed by atoms with Crippen molar-refractivity contribution in [3.05, 3.63) is 21.9 Å². The molecule has 94 valence electrons. The topological polar surface area (TPSA) is 20.3 Å². The van der Waals surface area contributed by atoms with Crippen molar-refractivity contribution in [2.24, 2.45) is 0 Å². The van der Waals surface area contributed by atoms with Gasteiger partial charge in [-0.25, -0.2) is 0 Å². The van der Waals surface area contributed by atoms with E-state index < -0.39 is 0 Å². The summed E-state index contributed by atoms with van der Waals surface area (Å²) in [7, 11) is 1.85. The standard InChI is InChI=1S/C13H18ClNOS/c1-9(14)8-15(2)13(16)11-4-3-5-12-10(11)6-7-17-12/h6-7,9,11H,3-5,8H2,1-2H3. The van der Waals surface area contributed by atoms with Gasteiger partial charge in [-0.3, -0.25) is 4.79 Å². The fourth-order valence-electron chi connectivity index (χ4n) is 2.48. The van der Waals surface area contributed by atoms with Crippen LogP contribution >= 0.6 is 22.9 Å². The van der Waals surface area contributed by atoms with E-state index >= 15 is 0 Å². The van der Waals surface area contributed by atoms with Gasteiger partial charge in [-0.15, -0.1) is 22.9 Å². The van der Waals surface area contributed by atoms with Crippen molar-refractivity contribution in [2.45, 2.75) is 37.5 Å². The van der Waals surface area contributed by atoms with E-state index in [1.807, 2.05) is 14.0 Å². The molecule has 1 aromatic rings. The van der Waals surface area contributed by atoms with Gasteiger partial charge in [-0.05, 0) is 43.2 Å². The van der Waals surface area contributed by atoms with E-state index in [-0.39, 0.29) is 17.2 Å². The average molecular weight is 272 g/mol. The number of rotatable bonds is 3. The summed E-state index contributed by atoms with van der Waals surface area (Å²) in [5, 5.41) is 2.11. The largest absolute Gasteiger partial charge is 0.344 e. The zero-order chi connectivity index (χ0) is 12.4. The summed E-state index contributed by atoms with van der Waals surface area (Å²) < 4.78 is 0. The van der Waals surface area contributed by atoms with Gasteiger partial charge in [0.25, 0.3) is 0 Å². The third-order valence-electron chi connectivity index (χ3n) is 3.25. The van der Waals surface area contributed by atoms with Gasteiger partial charge in [0.1, 0.15) is 0 Å². The number of alkyl halides is 1. The van der Waals surface area contributed by atoms with E-state index in [0.717, 1.165) is 19.3 Å². The Kier molecular flexibility index (Phi) is 4.10. The third-order valence-corrected chi connectivity index (χ3v) is 4.39. The lowest BCUT2D eigenvalue weighted by Crippen LogP contribution is -2.36. The van der Waals surface area contributed by atoms with E-state index in [4.69, 9.17) is 11.6 Å². The van der Waals surface area contributed by atoms with Gasteiger partial charge in [0, 0.05) is 23.8 Å². The fourth-order valence-corrected chi connectivity index (χ4v) is 3.67. The maximum atomic E-state index is 12.4. The summed E-state index contributed by atoms with van der Waals surface area (Å²) in [6.45, 7) is 2.54. The molecule has 2 rings (SSSR count). The summed E-state index contributed by atoms with van der Waals surface area (Å²) in [6.07, 6.45) is 3.23. The average Bonchev–Trinajstić information content (AvgIpc) is 2.74. The lowest BCUT2D eigenvalue weighted by molar-refractivity contribution is -0.131. The lowest BCUT2D eigenvalue weighted by Gasteiger charge is -2.27. The van der Waals surface area contributed by atoms with Crippen LogP contribution in [0, 0.1) is 0 Å². The summed E-state index contributed by atoms with van der Waals surface area (Å²) in [6, 6.07) is 2.11. The molecule has 0 bridgehead atoms. The summed E-state index contributed by atoms with van der Waals surface area (Å²) in [5.41, 5.74) is 1.25. The Hall–Kier alpha value is -0.540. The molecule has 0 saturated carbocycles. The van der Waals surface area contributed by atoms with Gasteiger partial charge in [0.15, 0.2) is 0 Å². The van der Waals surface area contributed by atoms with E-state index in [1.54, 1.807) is 16.2 Å². The number of nitrogens with zero attached hydrogens (tertiary/aromatic N) is 1. The van der Waals surface area contributed by atoms with E-state index in [1.165, 1.54) is 10.4 Å². The second kappa shape index (κ2) is 5.40. The van der Waals surface area contributed by atoms with Crippen molar-refractivity contribution in [3.8, 4) is 0 Å². The van der Waals surface area contributed by atoms with Crippen molar-refractivity contribution in [2.75, 3.05) is 13.6 Å². The predicted molar refractivity (Wildman–Crippen MR) is 73.0 cm³/mol. The molecule has 0 aromatic carbocycles. The van der Waals surface area contributed by atoms with Crippen LogP contribution in [0.15, 0.2) is 11.4 Å². The van der Waals surface area contributed by atoms with Crippen LogP contribution < -0.4 is 0 Å². The molecule has 1 amide bonds. The number of hydrogen-bond acceptors (Lipinski definition) is 2. The van der Waals surface area contributed by atoms with Crippen molar-refractivity contribution in [3.63, 3.8) is 0 Å². The molecule has 2 unspecified atom stereocenters. The molecule has 1 heterocycles. The Balaban J connectivity index is 2.11. The Labute approximate surface area is 112 Å². The first-order valence-corrected chi connectivity index (χ1v) is 7.36. The maximum absolute atomic E-state index is 12.4. The second-order valence-electron chi connectivity index (χ2n) is 4.74. The first-order chi connectivity index (χ1) is 8.09. The molecular weight excluding hydrogens is 254 g/mol. The van der Waals surface area contributed by atoms with Crippen molar-refractivity contribution in [1.29, 1.82) is 0 Å². The highest BCUT2D eigenvalue weighted by Crippen LogP contribution is 2.35. The third kappa shape index (κ3) is 2.83. The molecule has 1 aliphatic carbocycles. The van der Waals surface area contributed by atoms with Crippen molar-refractivity contribution >= 4 is 28.8 Å². The first kappa shape index (κ1) is 12.9. The second-order valence-corrected chi connectivity index (χ2v) is 6.49. The molecule has 0 saturated heterocycles. The van der Waals surface area contributed by atoms with Crippen molar-refractivity contribution in [1.82, 2.24) is 4.90 Å². The zero-order valence-electron chi connectivity index (χ0n) is 10.3. The summed E-state index contributed by atoms with van der Waals surface area (Å²) in [4.78, 5) is 15.5. The number of aryl methyl sites for hydroxylation is 1. The number of halogens is 1. The Bertz CT molecular complexity index is 402. The molecule has 0 fully saturated rings. The minimum absolute atomic E-state index is 0.00878. The van der Waals surface area contributed by atoms with Gasteiger partial charge >= 0.3 is 0 Å². The number of carbonyl (C=O) groups is 1. The minimum Gasteiger partial charge on any atom is -0.344 e. The molecule has 0 aliphatic heterocycles. The van der Waals surface area contributed by atoms with Gasteiger partial charge in [0.05, 0.1) is 5.92 Å². The van der Waals surface area contributed by atoms with Crippen LogP contribution in [0.1, 0.15) is 36.1 Å². The van der Waals surface area contributed by atoms with Gasteiger partial charge in [0.2, 0.25) is 5.91 Å². The number of hydrogen-bond donors (Lipinski definition) is 0. The zero-order valence-corrected chi connectivity index (χ0v) is 11.9. The van der Waals surface area contributed by atoms with Gasteiger partial charge in [-0.1, -0.05) is 0 Å². The van der Waals surface area contributed by atoms with Gasteiger partial charge < -0.3 is 4.90 Å². The van der Waals surface area contributed by atoms with Gasteiger partial charge in [-0.2, -0.15) is 0 Å². The molecular formula is C13H18ClNOS. The quantitative estimate of drug-likeness (QED) is 0.773. The van der Waals surface area contributed by atoms with Crippen LogP contribution in [-0.4, -0.2) is 29.8 Å². The molecule has 0 radical (unpaired) electrons. The normalized spacial score (nSPS) is 20.8. The number of amides is 1. The number of thiophene rings is 1. The molecule has 2 nitrogen and oxygen atoms in total. The van der Waals surface area contributed by atoms with Crippen molar-refractivity contribution < 1.29 is 4.79 Å². The molecule has 2 atom stereocenters. The number of likely N-dealkylation sites (N-methyl/N-ethyl adjacent to an activating group) is 1. The van der Waals surface area contributed by atoms with E-state index in [9.17, 15) is 4.79 Å². The summed E-state index contributed by atoms with van der Waals surface area (Å²) >= 11 is 7.72. The number of fused-ring (bicyclic) bond motifs is 1. The Morgan fingerprint density at radius 1 is 1.71 bits per heavy atom. The van der Waals surface area contributed by atoms with Crippen LogP contribution in [0.4, 0.5) is 0 Å².